The lowest BCUT2D eigenvalue weighted by molar-refractivity contribution is 0.174. The summed E-state index contributed by atoms with van der Waals surface area (Å²) in [6.07, 6.45) is 7.25. The molecule has 2 aliphatic heterocycles. The number of ether oxygens (including phenoxy) is 2. The van der Waals surface area contributed by atoms with Crippen LogP contribution in [0.2, 0.25) is 0 Å². The number of hydrogen-bond donors (Lipinski definition) is 1. The smallest absolute Gasteiger partial charge is 0.231 e. The van der Waals surface area contributed by atoms with Gasteiger partial charge >= 0.3 is 0 Å². The van der Waals surface area contributed by atoms with Crippen molar-refractivity contribution >= 4 is 0 Å². The van der Waals surface area contributed by atoms with Gasteiger partial charge in [-0.15, -0.1) is 0 Å². The Morgan fingerprint density at radius 2 is 1.86 bits per heavy atom. The number of phenolic OH excluding ortho intramolecular Hbond substituents is 1. The lowest BCUT2D eigenvalue weighted by Crippen LogP contribution is -2.35. The predicted molar refractivity (Wildman–Crippen MR) is 109 cm³/mol. The van der Waals surface area contributed by atoms with E-state index >= 15 is 0 Å². The summed E-state index contributed by atoms with van der Waals surface area (Å²) in [6.45, 7) is 3.71. The minimum absolute atomic E-state index is 0.166. The predicted octanol–water partition coefficient (Wildman–Crippen LogP) is 4.50. The van der Waals surface area contributed by atoms with Crippen molar-refractivity contribution in [3.63, 3.8) is 0 Å². The van der Waals surface area contributed by atoms with Crippen molar-refractivity contribution in [2.24, 2.45) is 5.92 Å². The number of para-hydroxylation sites is 1. The van der Waals surface area contributed by atoms with Crippen LogP contribution in [0.5, 0.6) is 17.2 Å². The average Bonchev–Trinajstić information content (AvgIpc) is 3.46. The normalized spacial score (nSPS) is 23.4. The summed E-state index contributed by atoms with van der Waals surface area (Å²) in [5.41, 5.74) is 2.66. The maximum Gasteiger partial charge on any atom is 0.231 e. The van der Waals surface area contributed by atoms with Crippen molar-refractivity contribution in [1.29, 1.82) is 0 Å². The second-order valence-electron chi connectivity index (χ2n) is 8.60. The van der Waals surface area contributed by atoms with Crippen LogP contribution in [0, 0.1) is 5.92 Å². The monoisotopic (exact) mass is 379 g/mol. The van der Waals surface area contributed by atoms with E-state index in [1.54, 1.807) is 0 Å². The minimum atomic E-state index is 0.166. The number of likely N-dealkylation sites (tertiary alicyclic amines) is 1. The van der Waals surface area contributed by atoms with E-state index in [0.717, 1.165) is 37.6 Å². The fourth-order valence-corrected chi connectivity index (χ4v) is 5.67. The molecule has 0 amide bonds. The highest BCUT2D eigenvalue weighted by Crippen LogP contribution is 2.51. The van der Waals surface area contributed by atoms with Crippen molar-refractivity contribution in [3.8, 4) is 17.2 Å². The third-order valence-electron chi connectivity index (χ3n) is 7.14. The molecule has 4 nitrogen and oxygen atoms in total. The summed E-state index contributed by atoms with van der Waals surface area (Å²) in [7, 11) is 0. The Bertz CT molecular complexity index is 843. The lowest BCUT2D eigenvalue weighted by atomic mass is 9.68. The number of fused-ring (bicyclic) bond motifs is 1. The van der Waals surface area contributed by atoms with Crippen LogP contribution in [0.15, 0.2) is 42.5 Å². The molecule has 148 valence electrons. The van der Waals surface area contributed by atoms with Crippen LogP contribution >= 0.6 is 0 Å². The molecular formula is C24H29NO3. The summed E-state index contributed by atoms with van der Waals surface area (Å²) in [5, 5.41) is 10.6. The van der Waals surface area contributed by atoms with Crippen LogP contribution in [0.4, 0.5) is 0 Å². The van der Waals surface area contributed by atoms with E-state index < -0.39 is 0 Å². The summed E-state index contributed by atoms with van der Waals surface area (Å²) < 4.78 is 10.9. The van der Waals surface area contributed by atoms with Crippen LogP contribution in [0.25, 0.3) is 0 Å². The summed E-state index contributed by atoms with van der Waals surface area (Å²) in [5.74, 6) is 2.86. The van der Waals surface area contributed by atoms with Gasteiger partial charge in [0.1, 0.15) is 5.75 Å². The maximum atomic E-state index is 10.6. The van der Waals surface area contributed by atoms with Crippen molar-refractivity contribution < 1.29 is 14.6 Å². The molecule has 2 heterocycles. The molecular weight excluding hydrogens is 350 g/mol. The first-order valence-electron chi connectivity index (χ1n) is 10.6. The van der Waals surface area contributed by atoms with Gasteiger partial charge in [-0.2, -0.15) is 0 Å². The molecule has 1 aliphatic carbocycles. The molecule has 2 aromatic rings. The molecule has 0 bridgehead atoms. The topological polar surface area (TPSA) is 41.9 Å². The summed E-state index contributed by atoms with van der Waals surface area (Å²) >= 11 is 0. The van der Waals surface area contributed by atoms with Gasteiger partial charge in [0.05, 0.1) is 0 Å². The van der Waals surface area contributed by atoms with Crippen LogP contribution in [0.1, 0.15) is 43.2 Å². The summed E-state index contributed by atoms with van der Waals surface area (Å²) in [6, 6.07) is 14.3. The van der Waals surface area contributed by atoms with Gasteiger partial charge in [0, 0.05) is 24.1 Å². The van der Waals surface area contributed by atoms with E-state index in [0.29, 0.717) is 18.5 Å². The van der Waals surface area contributed by atoms with Gasteiger partial charge in [-0.25, -0.2) is 0 Å². The molecule has 4 heteroatoms. The van der Waals surface area contributed by atoms with Crippen molar-refractivity contribution in [1.82, 2.24) is 4.90 Å². The molecule has 1 saturated carbocycles. The first-order chi connectivity index (χ1) is 13.7. The highest BCUT2D eigenvalue weighted by molar-refractivity contribution is 5.44. The molecule has 5 rings (SSSR count). The highest BCUT2D eigenvalue weighted by Gasteiger charge is 2.46. The third-order valence-corrected chi connectivity index (χ3v) is 7.14. The number of nitrogens with zero attached hydrogens (tertiary/aromatic N) is 1. The van der Waals surface area contributed by atoms with Gasteiger partial charge in [-0.3, -0.25) is 0 Å². The number of benzene rings is 2. The molecule has 3 aliphatic rings. The largest absolute Gasteiger partial charge is 0.508 e. The Hall–Kier alpha value is -2.20. The molecule has 0 spiro atoms. The Kier molecular flexibility index (Phi) is 4.67. The van der Waals surface area contributed by atoms with E-state index in [4.69, 9.17) is 9.47 Å². The average molecular weight is 380 g/mol. The molecule has 0 unspecified atom stereocenters. The molecule has 2 fully saturated rings. The van der Waals surface area contributed by atoms with Gasteiger partial charge in [-0.05, 0) is 61.9 Å². The molecule has 0 aromatic heterocycles. The van der Waals surface area contributed by atoms with Gasteiger partial charge < -0.3 is 19.5 Å². The zero-order chi connectivity index (χ0) is 19.0. The molecule has 0 radical (unpaired) electrons. The van der Waals surface area contributed by atoms with Crippen LogP contribution < -0.4 is 9.47 Å². The van der Waals surface area contributed by atoms with E-state index in [1.807, 2.05) is 18.2 Å². The molecule has 1 atom stereocenters. The first-order valence-corrected chi connectivity index (χ1v) is 10.6. The molecule has 1 saturated heterocycles. The van der Waals surface area contributed by atoms with Gasteiger partial charge in [0.15, 0.2) is 11.5 Å². The fraction of sp³-hybridized carbons (Fsp3) is 0.500. The second-order valence-corrected chi connectivity index (χ2v) is 8.60. The van der Waals surface area contributed by atoms with Gasteiger partial charge in [0.2, 0.25) is 6.79 Å². The maximum absolute atomic E-state index is 10.6. The Morgan fingerprint density at radius 3 is 2.71 bits per heavy atom. The lowest BCUT2D eigenvalue weighted by Gasteiger charge is -2.36. The van der Waals surface area contributed by atoms with Gasteiger partial charge in [-0.1, -0.05) is 37.1 Å². The van der Waals surface area contributed by atoms with Crippen molar-refractivity contribution in [2.75, 3.05) is 26.4 Å². The van der Waals surface area contributed by atoms with Crippen LogP contribution in [-0.2, 0) is 11.8 Å². The molecule has 1 N–H and O–H groups in total. The second kappa shape index (κ2) is 7.32. The van der Waals surface area contributed by atoms with Crippen molar-refractivity contribution in [3.05, 3.63) is 53.6 Å². The number of hydrogen-bond acceptors (Lipinski definition) is 4. The number of aromatic hydroxyl groups is 1. The quantitative estimate of drug-likeness (QED) is 0.831. The Balaban J connectivity index is 1.26. The van der Waals surface area contributed by atoms with E-state index in [1.165, 1.54) is 43.2 Å². The van der Waals surface area contributed by atoms with Crippen LogP contribution in [-0.4, -0.2) is 36.4 Å². The fourth-order valence-electron chi connectivity index (χ4n) is 5.67. The Labute approximate surface area is 167 Å². The van der Waals surface area contributed by atoms with Crippen molar-refractivity contribution in [2.45, 2.75) is 43.9 Å². The zero-order valence-corrected chi connectivity index (χ0v) is 16.4. The standard InChI is InChI=1S/C24H29NO3/c26-21-6-2-1-5-20(21)24(11-3-4-12-24)19-10-14-25(16-19)13-9-18-7-8-22-23(15-18)28-17-27-22/h1-2,5-8,15,19,26H,3-4,9-14,16-17H2/t19-/m1/s1. The number of rotatable bonds is 5. The van der Waals surface area contributed by atoms with E-state index in [9.17, 15) is 5.11 Å². The molecule has 2 aromatic carbocycles. The molecule has 28 heavy (non-hydrogen) atoms. The van der Waals surface area contributed by atoms with Crippen LogP contribution in [0.3, 0.4) is 0 Å². The van der Waals surface area contributed by atoms with Gasteiger partial charge in [0.25, 0.3) is 0 Å². The first kappa shape index (κ1) is 17.9. The van der Waals surface area contributed by atoms with E-state index in [-0.39, 0.29) is 5.41 Å². The summed E-state index contributed by atoms with van der Waals surface area (Å²) in [4.78, 5) is 2.61. The minimum Gasteiger partial charge on any atom is -0.508 e. The Morgan fingerprint density at radius 1 is 1.04 bits per heavy atom. The zero-order valence-electron chi connectivity index (χ0n) is 16.4. The SMILES string of the molecule is Oc1ccccc1C1([C@@H]2CCN(CCc3ccc4c(c3)OCO4)C2)CCCC1. The highest BCUT2D eigenvalue weighted by atomic mass is 16.7. The third kappa shape index (κ3) is 3.14. The van der Waals surface area contributed by atoms with E-state index in [2.05, 4.69) is 29.2 Å². The number of phenols is 1.